The van der Waals surface area contributed by atoms with Crippen molar-refractivity contribution < 1.29 is 18.7 Å². The fourth-order valence-electron chi connectivity index (χ4n) is 3.24. The van der Waals surface area contributed by atoms with E-state index >= 15 is 0 Å². The minimum Gasteiger partial charge on any atom is -0.497 e. The molecule has 1 aliphatic heterocycles. The molecule has 3 rings (SSSR count). The van der Waals surface area contributed by atoms with Crippen LogP contribution in [0.5, 0.6) is 5.75 Å². The highest BCUT2D eigenvalue weighted by molar-refractivity contribution is 6.30. The third-order valence-electron chi connectivity index (χ3n) is 4.84. The van der Waals surface area contributed by atoms with Crippen molar-refractivity contribution in [2.24, 2.45) is 0 Å². The van der Waals surface area contributed by atoms with Crippen LogP contribution in [0.3, 0.4) is 0 Å². The van der Waals surface area contributed by atoms with Crippen LogP contribution in [0.15, 0.2) is 42.5 Å². The molecule has 2 aromatic rings. The van der Waals surface area contributed by atoms with Crippen molar-refractivity contribution in [3.05, 3.63) is 64.4 Å². The summed E-state index contributed by atoms with van der Waals surface area (Å²) in [6.45, 7) is 1.78. The number of benzene rings is 2. The molecule has 0 bridgehead atoms. The van der Waals surface area contributed by atoms with Crippen LogP contribution in [0.25, 0.3) is 0 Å². The average Bonchev–Trinajstić information content (AvgIpc) is 2.72. The zero-order chi connectivity index (χ0) is 20.8. The summed E-state index contributed by atoms with van der Waals surface area (Å²) < 4.78 is 18.8. The molecule has 29 heavy (non-hydrogen) atoms. The summed E-state index contributed by atoms with van der Waals surface area (Å²) in [7, 11) is 1.59. The lowest BCUT2D eigenvalue weighted by atomic mass is 10.1. The summed E-state index contributed by atoms with van der Waals surface area (Å²) in [5.41, 5.74) is 1.63. The van der Waals surface area contributed by atoms with E-state index < -0.39 is 11.9 Å². The Bertz CT molecular complexity index is 876. The van der Waals surface area contributed by atoms with Crippen LogP contribution in [0, 0.1) is 5.82 Å². The number of carbonyl (C=O) groups is 2. The van der Waals surface area contributed by atoms with E-state index in [-0.39, 0.29) is 23.3 Å². The monoisotopic (exact) mass is 419 g/mol. The Balaban J connectivity index is 1.59. The van der Waals surface area contributed by atoms with Crippen molar-refractivity contribution >= 4 is 23.4 Å². The topological polar surface area (TPSA) is 70.7 Å². The molecule has 0 spiro atoms. The molecule has 6 nitrogen and oxygen atoms in total. The van der Waals surface area contributed by atoms with Gasteiger partial charge in [0.1, 0.15) is 11.6 Å². The standard InChI is InChI=1S/C21H23ClFN3O3/c1-29-16-5-2-14(3-6-16)12-25-20(27)11-19-21(28)24-8-9-26(19)13-15-4-7-17(22)18(23)10-15/h2-7,10,19H,8-9,11-13H2,1H3,(H,24,28)(H,25,27). The van der Waals surface area contributed by atoms with Crippen molar-refractivity contribution in [1.29, 1.82) is 0 Å². The van der Waals surface area contributed by atoms with Crippen LogP contribution in [0.1, 0.15) is 17.5 Å². The molecule has 1 heterocycles. The average molecular weight is 420 g/mol. The number of methoxy groups -OCH3 is 1. The van der Waals surface area contributed by atoms with E-state index in [1.54, 1.807) is 13.2 Å². The summed E-state index contributed by atoms with van der Waals surface area (Å²) in [4.78, 5) is 26.7. The molecule has 1 saturated heterocycles. The fourth-order valence-corrected chi connectivity index (χ4v) is 3.36. The van der Waals surface area contributed by atoms with E-state index in [1.165, 1.54) is 12.1 Å². The number of halogens is 2. The Kier molecular flexibility index (Phi) is 7.06. The molecule has 0 aromatic heterocycles. The Morgan fingerprint density at radius 1 is 1.28 bits per heavy atom. The first-order valence-corrected chi connectivity index (χ1v) is 9.69. The van der Waals surface area contributed by atoms with Crippen LogP contribution < -0.4 is 15.4 Å². The van der Waals surface area contributed by atoms with Gasteiger partial charge in [-0.15, -0.1) is 0 Å². The quantitative estimate of drug-likeness (QED) is 0.723. The van der Waals surface area contributed by atoms with Crippen molar-refractivity contribution in [2.45, 2.75) is 25.6 Å². The van der Waals surface area contributed by atoms with Gasteiger partial charge in [-0.25, -0.2) is 4.39 Å². The number of nitrogens with zero attached hydrogens (tertiary/aromatic N) is 1. The molecule has 1 atom stereocenters. The lowest BCUT2D eigenvalue weighted by molar-refractivity contribution is -0.134. The second kappa shape index (κ2) is 9.71. The minimum absolute atomic E-state index is 0.0259. The highest BCUT2D eigenvalue weighted by Gasteiger charge is 2.31. The van der Waals surface area contributed by atoms with Gasteiger partial charge in [0.25, 0.3) is 0 Å². The maximum absolute atomic E-state index is 13.7. The summed E-state index contributed by atoms with van der Waals surface area (Å²) >= 11 is 5.73. The van der Waals surface area contributed by atoms with Gasteiger partial charge < -0.3 is 15.4 Å². The molecule has 1 aliphatic rings. The second-order valence-electron chi connectivity index (χ2n) is 6.85. The van der Waals surface area contributed by atoms with Crippen molar-refractivity contribution in [2.75, 3.05) is 20.2 Å². The lowest BCUT2D eigenvalue weighted by Crippen LogP contribution is -2.56. The predicted molar refractivity (Wildman–Crippen MR) is 108 cm³/mol. The molecule has 2 N–H and O–H groups in total. The van der Waals surface area contributed by atoms with Gasteiger partial charge in [0, 0.05) is 26.2 Å². The molecule has 1 fully saturated rings. The van der Waals surface area contributed by atoms with Gasteiger partial charge in [0.15, 0.2) is 0 Å². The predicted octanol–water partition coefficient (Wildman–Crippen LogP) is 2.49. The van der Waals surface area contributed by atoms with E-state index in [2.05, 4.69) is 10.6 Å². The fraction of sp³-hybridized carbons (Fsp3) is 0.333. The number of ether oxygens (including phenoxy) is 1. The first kappa shape index (κ1) is 21.1. The Hall–Kier alpha value is -2.64. The Morgan fingerprint density at radius 2 is 2.00 bits per heavy atom. The molecule has 154 valence electrons. The van der Waals surface area contributed by atoms with Gasteiger partial charge in [-0.1, -0.05) is 29.8 Å². The Labute approximate surface area is 174 Å². The van der Waals surface area contributed by atoms with E-state index in [0.29, 0.717) is 31.7 Å². The summed E-state index contributed by atoms with van der Waals surface area (Å²) in [6, 6.07) is 11.3. The molecular formula is C21H23ClFN3O3. The molecule has 2 amide bonds. The maximum atomic E-state index is 13.7. The van der Waals surface area contributed by atoms with E-state index in [0.717, 1.165) is 11.3 Å². The molecule has 0 aliphatic carbocycles. The first-order chi connectivity index (χ1) is 14.0. The maximum Gasteiger partial charge on any atom is 0.237 e. The molecule has 8 heteroatoms. The third kappa shape index (κ3) is 5.68. The molecule has 0 saturated carbocycles. The van der Waals surface area contributed by atoms with Gasteiger partial charge in [-0.3, -0.25) is 14.5 Å². The van der Waals surface area contributed by atoms with E-state index in [1.807, 2.05) is 29.2 Å². The van der Waals surface area contributed by atoms with E-state index in [4.69, 9.17) is 16.3 Å². The third-order valence-corrected chi connectivity index (χ3v) is 5.15. The highest BCUT2D eigenvalue weighted by Crippen LogP contribution is 2.19. The van der Waals surface area contributed by atoms with Crippen LogP contribution in [0.4, 0.5) is 4.39 Å². The highest BCUT2D eigenvalue weighted by atomic mass is 35.5. The first-order valence-electron chi connectivity index (χ1n) is 9.31. The normalized spacial score (nSPS) is 16.9. The van der Waals surface area contributed by atoms with Crippen molar-refractivity contribution in [3.8, 4) is 5.75 Å². The molecule has 1 unspecified atom stereocenters. The van der Waals surface area contributed by atoms with Crippen LogP contribution in [0.2, 0.25) is 5.02 Å². The Morgan fingerprint density at radius 3 is 2.69 bits per heavy atom. The largest absolute Gasteiger partial charge is 0.497 e. The van der Waals surface area contributed by atoms with Gasteiger partial charge in [0.05, 0.1) is 24.6 Å². The molecular weight excluding hydrogens is 397 g/mol. The summed E-state index contributed by atoms with van der Waals surface area (Å²) in [5.74, 6) is -0.187. The number of piperazine rings is 1. The van der Waals surface area contributed by atoms with Gasteiger partial charge in [-0.05, 0) is 35.4 Å². The number of hydrogen-bond acceptors (Lipinski definition) is 4. The summed E-state index contributed by atoms with van der Waals surface area (Å²) in [5, 5.41) is 5.69. The minimum atomic E-state index is -0.613. The van der Waals surface area contributed by atoms with Gasteiger partial charge in [-0.2, -0.15) is 0 Å². The van der Waals surface area contributed by atoms with E-state index in [9.17, 15) is 14.0 Å². The van der Waals surface area contributed by atoms with Gasteiger partial charge >= 0.3 is 0 Å². The van der Waals surface area contributed by atoms with Crippen molar-refractivity contribution in [1.82, 2.24) is 15.5 Å². The summed E-state index contributed by atoms with van der Waals surface area (Å²) in [6.07, 6.45) is 0.0259. The molecule has 0 radical (unpaired) electrons. The number of hydrogen-bond donors (Lipinski definition) is 2. The second-order valence-corrected chi connectivity index (χ2v) is 7.26. The molecule has 2 aromatic carbocycles. The zero-order valence-electron chi connectivity index (χ0n) is 16.1. The SMILES string of the molecule is COc1ccc(CNC(=O)CC2C(=O)NCCN2Cc2ccc(Cl)c(F)c2)cc1. The van der Waals surface area contributed by atoms with Crippen LogP contribution in [-0.4, -0.2) is 43.0 Å². The number of carbonyl (C=O) groups excluding carboxylic acids is 2. The lowest BCUT2D eigenvalue weighted by Gasteiger charge is -2.34. The number of rotatable bonds is 7. The van der Waals surface area contributed by atoms with Gasteiger partial charge in [0.2, 0.25) is 11.8 Å². The number of amides is 2. The van der Waals surface area contributed by atoms with Crippen molar-refractivity contribution in [3.63, 3.8) is 0 Å². The van der Waals surface area contributed by atoms with Crippen LogP contribution >= 0.6 is 11.6 Å². The van der Waals surface area contributed by atoms with Crippen LogP contribution in [-0.2, 0) is 22.7 Å². The smallest absolute Gasteiger partial charge is 0.237 e. The zero-order valence-corrected chi connectivity index (χ0v) is 16.8. The number of nitrogens with one attached hydrogen (secondary N) is 2.